The Kier molecular flexibility index (Phi) is 11.1. The van der Waals surface area contributed by atoms with E-state index in [1.807, 2.05) is 25.1 Å². The van der Waals surface area contributed by atoms with Crippen molar-refractivity contribution in [2.45, 2.75) is 72.1 Å². The third-order valence-corrected chi connectivity index (χ3v) is 10.6. The largest absolute Gasteiger partial charge is 0.496 e. The number of carbonyl (C=O) groups excluding carboxylic acids is 1. The van der Waals surface area contributed by atoms with Crippen molar-refractivity contribution in [3.8, 4) is 27.6 Å². The predicted octanol–water partition coefficient (Wildman–Crippen LogP) is 9.16. The maximum absolute atomic E-state index is 13.0. The van der Waals surface area contributed by atoms with Gasteiger partial charge in [0.05, 0.1) is 34.3 Å². The maximum atomic E-state index is 13.0. The number of nitrogens with two attached hydrogens (primary N) is 2. The molecule has 276 valence electrons. The third-order valence-electron chi connectivity index (χ3n) is 9.14. The molecule has 4 heterocycles. The van der Waals surface area contributed by atoms with E-state index in [-0.39, 0.29) is 12.8 Å². The highest BCUT2D eigenvalue weighted by Crippen LogP contribution is 2.44. The van der Waals surface area contributed by atoms with Crippen LogP contribution in [0.15, 0.2) is 59.1 Å². The first kappa shape index (κ1) is 37.8. The number of primary amides is 1. The molecule has 4 N–H and O–H groups in total. The van der Waals surface area contributed by atoms with Crippen LogP contribution in [0.25, 0.3) is 32.0 Å². The molecule has 0 unspecified atom stereocenters. The number of hydrogen-bond acceptors (Lipinski definition) is 9. The van der Waals surface area contributed by atoms with Gasteiger partial charge in [0.25, 0.3) is 11.8 Å². The average molecular weight is 759 g/mol. The van der Waals surface area contributed by atoms with E-state index in [9.17, 15) is 13.6 Å². The van der Waals surface area contributed by atoms with Gasteiger partial charge in [-0.15, -0.1) is 21.5 Å². The fraction of sp³-hybridized carbons (Fsp3) is 0.325. The summed E-state index contributed by atoms with van der Waals surface area (Å²) in [6.07, 6.45) is 5.70. The molecular formula is C40H41ClF2N6O3S. The Hall–Kier alpha value is -4.94. The molecule has 1 amide bonds. The molecule has 2 aliphatic rings. The minimum Gasteiger partial charge on any atom is -0.496 e. The van der Waals surface area contributed by atoms with Gasteiger partial charge in [-0.2, -0.15) is 0 Å². The summed E-state index contributed by atoms with van der Waals surface area (Å²) in [6.45, 7) is 7.73. The Balaban J connectivity index is 0.000000169. The molecule has 2 aliphatic carbocycles. The van der Waals surface area contributed by atoms with Crippen LogP contribution in [0.1, 0.15) is 70.2 Å². The number of aromatic nitrogens is 4. The number of alkyl halides is 2. The normalized spacial score (nSPS) is 13.9. The van der Waals surface area contributed by atoms with E-state index in [1.165, 1.54) is 48.8 Å². The fourth-order valence-electron chi connectivity index (χ4n) is 6.89. The second kappa shape index (κ2) is 15.6. The monoisotopic (exact) mass is 758 g/mol. The van der Waals surface area contributed by atoms with Crippen molar-refractivity contribution in [2.24, 2.45) is 11.7 Å². The second-order valence-electron chi connectivity index (χ2n) is 13.7. The van der Waals surface area contributed by atoms with Crippen LogP contribution in [0.5, 0.6) is 5.75 Å². The number of hydrogen-bond donors (Lipinski definition) is 2. The lowest BCUT2D eigenvalue weighted by Gasteiger charge is -2.17. The molecule has 0 saturated heterocycles. The van der Waals surface area contributed by atoms with Gasteiger partial charge in [0, 0.05) is 47.0 Å². The van der Waals surface area contributed by atoms with Crippen LogP contribution in [0.2, 0.25) is 5.02 Å². The molecule has 2 aromatic carbocycles. The molecule has 0 radical (unpaired) electrons. The average Bonchev–Trinajstić information content (AvgIpc) is 3.89. The van der Waals surface area contributed by atoms with Gasteiger partial charge in [0.2, 0.25) is 11.8 Å². The van der Waals surface area contributed by atoms with E-state index >= 15 is 0 Å². The van der Waals surface area contributed by atoms with Gasteiger partial charge in [0.1, 0.15) is 11.6 Å². The Bertz CT molecular complexity index is 2300. The van der Waals surface area contributed by atoms with E-state index in [0.29, 0.717) is 74.9 Å². The van der Waals surface area contributed by atoms with Crippen LogP contribution in [0.3, 0.4) is 0 Å². The smallest absolute Gasteiger partial charge is 0.256 e. The Morgan fingerprint density at radius 2 is 1.81 bits per heavy atom. The zero-order valence-electron chi connectivity index (χ0n) is 30.2. The van der Waals surface area contributed by atoms with Crippen LogP contribution in [0.4, 0.5) is 14.6 Å². The number of pyridine rings is 2. The van der Waals surface area contributed by atoms with Crippen LogP contribution in [0, 0.1) is 19.8 Å². The lowest BCUT2D eigenvalue weighted by atomic mass is 9.93. The first-order valence-corrected chi connectivity index (χ1v) is 18.5. The van der Waals surface area contributed by atoms with Crippen LogP contribution >= 0.6 is 22.9 Å². The summed E-state index contributed by atoms with van der Waals surface area (Å²) in [5.74, 6) is -1.10. The molecule has 53 heavy (non-hydrogen) atoms. The summed E-state index contributed by atoms with van der Waals surface area (Å²) in [7, 11) is 1.51. The van der Waals surface area contributed by atoms with E-state index in [0.717, 1.165) is 20.0 Å². The third kappa shape index (κ3) is 8.34. The topological polar surface area (TPSA) is 143 Å². The predicted molar refractivity (Wildman–Crippen MR) is 206 cm³/mol. The first-order chi connectivity index (χ1) is 25.2. The van der Waals surface area contributed by atoms with E-state index < -0.39 is 11.8 Å². The van der Waals surface area contributed by atoms with Crippen molar-refractivity contribution in [1.82, 2.24) is 20.2 Å². The van der Waals surface area contributed by atoms with Crippen molar-refractivity contribution in [3.63, 3.8) is 0 Å². The number of carbonyl (C=O) groups is 1. The number of rotatable bonds is 6. The SMILES string of the molecule is COc1cccc2c1CC(F)(F)C2.Cc1nnc(-c2c(C)nc(CC(C)C)c(C(N)=O)c2-c2cc3ccnc(N)c3s2)o1.Clc1ccc2c(c1)CCC2. The number of nitrogens with zero attached hydrogens (tertiary/aromatic N) is 4. The highest BCUT2D eigenvalue weighted by Gasteiger charge is 2.38. The number of fused-ring (bicyclic) bond motifs is 3. The van der Waals surface area contributed by atoms with Crippen molar-refractivity contribution in [2.75, 3.05) is 12.8 Å². The van der Waals surface area contributed by atoms with Gasteiger partial charge >= 0.3 is 0 Å². The van der Waals surface area contributed by atoms with E-state index in [1.54, 1.807) is 31.3 Å². The molecule has 0 atom stereocenters. The molecule has 0 spiro atoms. The van der Waals surface area contributed by atoms with Crippen molar-refractivity contribution in [1.29, 1.82) is 0 Å². The molecule has 13 heteroatoms. The number of amides is 1. The van der Waals surface area contributed by atoms with E-state index in [4.69, 9.17) is 37.2 Å². The minimum atomic E-state index is -2.59. The van der Waals surface area contributed by atoms with Gasteiger partial charge in [0.15, 0.2) is 0 Å². The van der Waals surface area contributed by atoms with Gasteiger partial charge < -0.3 is 20.6 Å². The Labute approximate surface area is 315 Å². The number of benzene rings is 2. The molecule has 6 aromatic rings. The number of methoxy groups -OCH3 is 1. The second-order valence-corrected chi connectivity index (χ2v) is 15.1. The summed E-state index contributed by atoms with van der Waals surface area (Å²) in [6, 6.07) is 15.3. The Morgan fingerprint density at radius 1 is 1.04 bits per heavy atom. The van der Waals surface area contributed by atoms with Crippen LogP contribution < -0.4 is 16.2 Å². The number of aryl methyl sites for hydroxylation is 4. The minimum absolute atomic E-state index is 0.153. The fourth-order valence-corrected chi connectivity index (χ4v) is 8.20. The lowest BCUT2D eigenvalue weighted by Crippen LogP contribution is -2.19. The van der Waals surface area contributed by atoms with E-state index in [2.05, 4.69) is 41.2 Å². The summed E-state index contributed by atoms with van der Waals surface area (Å²) >= 11 is 7.27. The van der Waals surface area contributed by atoms with Gasteiger partial charge in [-0.3, -0.25) is 9.78 Å². The van der Waals surface area contributed by atoms with Gasteiger partial charge in [-0.05, 0) is 90.9 Å². The molecule has 0 saturated carbocycles. The summed E-state index contributed by atoms with van der Waals surface area (Å²) < 4.78 is 37.6. The van der Waals surface area contributed by atoms with Crippen molar-refractivity contribution in [3.05, 3.63) is 105 Å². The van der Waals surface area contributed by atoms with Crippen LogP contribution in [-0.4, -0.2) is 39.1 Å². The Morgan fingerprint density at radius 3 is 2.49 bits per heavy atom. The number of halogens is 3. The maximum Gasteiger partial charge on any atom is 0.256 e. The zero-order valence-corrected chi connectivity index (χ0v) is 31.8. The van der Waals surface area contributed by atoms with Crippen molar-refractivity contribution >= 4 is 44.7 Å². The molecular weight excluding hydrogens is 718 g/mol. The molecule has 0 fully saturated rings. The number of ether oxygens (including phenoxy) is 1. The summed E-state index contributed by atoms with van der Waals surface area (Å²) in [5.41, 5.74) is 19.3. The highest BCUT2D eigenvalue weighted by atomic mass is 35.5. The van der Waals surface area contributed by atoms with Crippen molar-refractivity contribution < 1.29 is 22.7 Å². The highest BCUT2D eigenvalue weighted by molar-refractivity contribution is 7.22. The van der Waals surface area contributed by atoms with Crippen LogP contribution in [-0.2, 0) is 32.1 Å². The molecule has 8 rings (SSSR count). The quantitative estimate of drug-likeness (QED) is 0.171. The number of anilines is 1. The molecule has 0 bridgehead atoms. The number of thiophene rings is 1. The van der Waals surface area contributed by atoms with Gasteiger partial charge in [-0.1, -0.05) is 43.6 Å². The standard InChI is InChI=1S/C21H22N6O2S.C10H10F2O.C9H9Cl/c1-9(2)7-13-16(20(23)28)17(14-8-12-5-6-24-19(22)18(12)30-14)15(10(3)25-13)21-27-26-11(4)29-21;1-13-9-4-2-3-7-5-10(11,12)6-8(7)9;10-9-5-4-7-2-1-3-8(7)6-9/h5-6,8-9H,7H2,1-4H3,(H2,22,24)(H2,23,28);2-4H,5-6H2,1H3;4-6H,1-3H2. The summed E-state index contributed by atoms with van der Waals surface area (Å²) in [4.78, 5) is 22.4. The molecule has 0 aliphatic heterocycles. The zero-order chi connectivity index (χ0) is 38.0. The molecule has 4 aromatic heterocycles. The number of nitrogen functional groups attached to an aromatic ring is 1. The lowest BCUT2D eigenvalue weighted by molar-refractivity contribution is 0.0127. The first-order valence-electron chi connectivity index (χ1n) is 17.3. The summed E-state index contributed by atoms with van der Waals surface area (Å²) in [5, 5.41) is 9.95. The van der Waals surface area contributed by atoms with Gasteiger partial charge in [-0.25, -0.2) is 13.8 Å². The molecule has 9 nitrogen and oxygen atoms in total.